The van der Waals surface area contributed by atoms with E-state index in [0.29, 0.717) is 11.4 Å². The Balaban J connectivity index is 1.90. The average molecular weight is 398 g/mol. The number of aromatic nitrogens is 2. The summed E-state index contributed by atoms with van der Waals surface area (Å²) in [5.74, 6) is 0. The van der Waals surface area contributed by atoms with Crippen molar-refractivity contribution in [2.45, 2.75) is 11.8 Å². The summed E-state index contributed by atoms with van der Waals surface area (Å²) in [5, 5.41) is 9.38. The lowest BCUT2D eigenvalue weighted by Crippen LogP contribution is -2.46. The number of hydrogen-bond donors (Lipinski definition) is 1. The average Bonchev–Trinajstić information content (AvgIpc) is 2.63. The van der Waals surface area contributed by atoms with Crippen LogP contribution in [0.15, 0.2) is 40.2 Å². The van der Waals surface area contributed by atoms with Gasteiger partial charge in [-0.15, -0.1) is 0 Å². The third-order valence-electron chi connectivity index (χ3n) is 4.47. The molecule has 1 saturated heterocycles. The first-order valence-electron chi connectivity index (χ1n) is 8.19. The third-order valence-corrected chi connectivity index (χ3v) is 5.76. The normalized spacial score (nSPS) is 16.0. The molecule has 2 heterocycles. The highest BCUT2D eigenvalue weighted by Crippen LogP contribution is 2.23. The van der Waals surface area contributed by atoms with Crippen molar-refractivity contribution in [2.75, 3.05) is 37.6 Å². The maximum absolute atomic E-state index is 12.6. The van der Waals surface area contributed by atoms with Crippen molar-refractivity contribution in [3.63, 3.8) is 0 Å². The molecule has 0 spiro atoms. The molecule has 0 saturated carbocycles. The first-order valence-corrected chi connectivity index (χ1v) is 10.1. The van der Waals surface area contributed by atoms with Crippen LogP contribution in [0.5, 0.6) is 0 Å². The zero-order valence-electron chi connectivity index (χ0n) is 14.3. The van der Waals surface area contributed by atoms with E-state index in [2.05, 4.69) is 21.8 Å². The topological polar surface area (TPSA) is 102 Å². The van der Waals surface area contributed by atoms with E-state index < -0.39 is 15.6 Å². The van der Waals surface area contributed by atoms with Crippen LogP contribution >= 0.6 is 11.6 Å². The Bertz CT molecular complexity index is 951. The second-order valence-electron chi connectivity index (χ2n) is 6.02. The van der Waals surface area contributed by atoms with E-state index in [9.17, 15) is 13.2 Å². The van der Waals surface area contributed by atoms with Gasteiger partial charge < -0.3 is 9.80 Å². The van der Waals surface area contributed by atoms with Crippen LogP contribution in [0.25, 0.3) is 5.69 Å². The van der Waals surface area contributed by atoms with Gasteiger partial charge in [-0.3, -0.25) is 4.79 Å². The van der Waals surface area contributed by atoms with Crippen molar-refractivity contribution in [1.82, 2.24) is 14.7 Å². The largest absolute Gasteiger partial charge is 0.366 e. The van der Waals surface area contributed by atoms with Crippen molar-refractivity contribution >= 4 is 27.3 Å². The Kier molecular flexibility index (Phi) is 5.33. The number of anilines is 1. The quantitative estimate of drug-likeness (QED) is 0.813. The molecule has 0 amide bonds. The Hall–Kier alpha value is -1.94. The number of benzene rings is 1. The summed E-state index contributed by atoms with van der Waals surface area (Å²) >= 11 is 6.31. The van der Waals surface area contributed by atoms with Gasteiger partial charge >= 0.3 is 0 Å². The number of piperazine rings is 1. The van der Waals surface area contributed by atoms with Gasteiger partial charge in [0.25, 0.3) is 5.56 Å². The smallest absolute Gasteiger partial charge is 0.292 e. The van der Waals surface area contributed by atoms with Gasteiger partial charge in [-0.05, 0) is 30.8 Å². The highest BCUT2D eigenvalue weighted by Gasteiger charge is 2.21. The van der Waals surface area contributed by atoms with Crippen LogP contribution in [0.4, 0.5) is 5.69 Å². The molecule has 1 aliphatic heterocycles. The molecule has 0 atom stereocenters. The monoisotopic (exact) mass is 397 g/mol. The minimum Gasteiger partial charge on any atom is -0.366 e. The van der Waals surface area contributed by atoms with E-state index in [-0.39, 0.29) is 9.92 Å². The fourth-order valence-electron chi connectivity index (χ4n) is 2.91. The summed E-state index contributed by atoms with van der Waals surface area (Å²) < 4.78 is 23.8. The van der Waals surface area contributed by atoms with E-state index in [1.165, 1.54) is 24.3 Å². The van der Waals surface area contributed by atoms with Gasteiger partial charge in [0.2, 0.25) is 10.0 Å². The maximum Gasteiger partial charge on any atom is 0.292 e. The summed E-state index contributed by atoms with van der Waals surface area (Å²) in [6.07, 6.45) is 1.57. The first kappa shape index (κ1) is 18.8. The van der Waals surface area contributed by atoms with Crippen molar-refractivity contribution in [3.8, 4) is 5.69 Å². The summed E-state index contributed by atoms with van der Waals surface area (Å²) in [5.41, 5.74) is 0.571. The van der Waals surface area contributed by atoms with E-state index in [4.69, 9.17) is 16.7 Å². The zero-order chi connectivity index (χ0) is 18.9. The Morgan fingerprint density at radius 3 is 2.31 bits per heavy atom. The molecule has 2 aromatic rings. The van der Waals surface area contributed by atoms with E-state index >= 15 is 0 Å². The van der Waals surface area contributed by atoms with Gasteiger partial charge in [-0.2, -0.15) is 9.78 Å². The predicted octanol–water partition coefficient (Wildman–Crippen LogP) is 0.675. The van der Waals surface area contributed by atoms with Crippen LogP contribution in [0.3, 0.4) is 0 Å². The molecule has 2 N–H and O–H groups in total. The number of primary sulfonamides is 1. The molecule has 10 heteroatoms. The lowest BCUT2D eigenvalue weighted by atomic mass is 10.3. The second kappa shape index (κ2) is 7.36. The Labute approximate surface area is 156 Å². The molecule has 1 aliphatic rings. The molecule has 8 nitrogen and oxygen atoms in total. The van der Waals surface area contributed by atoms with E-state index in [1.807, 2.05) is 0 Å². The number of halogens is 1. The highest BCUT2D eigenvalue weighted by atomic mass is 35.5. The summed E-state index contributed by atoms with van der Waals surface area (Å²) in [6, 6.07) is 5.57. The molecular weight excluding hydrogens is 378 g/mol. The summed E-state index contributed by atoms with van der Waals surface area (Å²) in [4.78, 5) is 17.0. The molecule has 0 unspecified atom stereocenters. The number of nitrogens with two attached hydrogens (primary N) is 1. The van der Waals surface area contributed by atoms with Crippen molar-refractivity contribution in [1.29, 1.82) is 0 Å². The molecule has 0 radical (unpaired) electrons. The molecule has 1 aromatic heterocycles. The van der Waals surface area contributed by atoms with Crippen molar-refractivity contribution in [3.05, 3.63) is 45.8 Å². The molecule has 3 rings (SSSR count). The van der Waals surface area contributed by atoms with E-state index in [0.717, 1.165) is 37.4 Å². The van der Waals surface area contributed by atoms with Crippen LogP contribution in [0.2, 0.25) is 5.02 Å². The number of likely N-dealkylation sites (N-methyl/N-ethyl adjacent to an activating group) is 1. The Morgan fingerprint density at radius 1 is 1.15 bits per heavy atom. The third kappa shape index (κ3) is 3.75. The molecule has 0 bridgehead atoms. The van der Waals surface area contributed by atoms with Crippen LogP contribution in [-0.4, -0.2) is 55.8 Å². The fourth-order valence-corrected chi connectivity index (χ4v) is 3.67. The standard InChI is InChI=1S/C16H20ClN5O3S/c1-2-20-7-9-21(10-8-20)14-11-19-22(16(23)15(14)17)12-3-5-13(6-4-12)26(18,24)25/h3-6,11H,2,7-10H2,1H3,(H2,18,24,25). The second-order valence-corrected chi connectivity index (χ2v) is 7.96. The minimum atomic E-state index is -3.79. The zero-order valence-corrected chi connectivity index (χ0v) is 15.9. The number of rotatable bonds is 4. The van der Waals surface area contributed by atoms with Crippen LogP contribution in [0, 0.1) is 0 Å². The first-order chi connectivity index (χ1) is 12.3. The molecule has 140 valence electrons. The highest BCUT2D eigenvalue weighted by molar-refractivity contribution is 7.89. The maximum atomic E-state index is 12.6. The number of sulfonamides is 1. The van der Waals surface area contributed by atoms with E-state index in [1.54, 1.807) is 6.20 Å². The van der Waals surface area contributed by atoms with Crippen LogP contribution in [-0.2, 0) is 10.0 Å². The molecule has 1 fully saturated rings. The number of hydrogen-bond acceptors (Lipinski definition) is 6. The van der Waals surface area contributed by atoms with Gasteiger partial charge in [0.05, 0.1) is 22.5 Å². The Morgan fingerprint density at radius 2 is 1.77 bits per heavy atom. The van der Waals surface area contributed by atoms with Crippen LogP contribution in [0.1, 0.15) is 6.92 Å². The van der Waals surface area contributed by atoms with Crippen LogP contribution < -0.4 is 15.6 Å². The van der Waals surface area contributed by atoms with Gasteiger partial charge in [0.1, 0.15) is 5.02 Å². The minimum absolute atomic E-state index is 0.0363. The van der Waals surface area contributed by atoms with Gasteiger partial charge in [-0.1, -0.05) is 18.5 Å². The summed E-state index contributed by atoms with van der Waals surface area (Å²) in [7, 11) is -3.79. The molecular formula is C16H20ClN5O3S. The lowest BCUT2D eigenvalue weighted by molar-refractivity contribution is 0.271. The van der Waals surface area contributed by atoms with Gasteiger partial charge in [-0.25, -0.2) is 13.6 Å². The molecule has 1 aromatic carbocycles. The fraction of sp³-hybridized carbons (Fsp3) is 0.375. The SMILES string of the molecule is CCN1CCN(c2cnn(-c3ccc(S(N)(=O)=O)cc3)c(=O)c2Cl)CC1. The van der Waals surface area contributed by atoms with Crippen molar-refractivity contribution in [2.24, 2.45) is 5.14 Å². The molecule has 0 aliphatic carbocycles. The number of nitrogens with zero attached hydrogens (tertiary/aromatic N) is 4. The predicted molar refractivity (Wildman–Crippen MR) is 101 cm³/mol. The molecule has 26 heavy (non-hydrogen) atoms. The van der Waals surface area contributed by atoms with Gasteiger partial charge in [0, 0.05) is 26.2 Å². The lowest BCUT2D eigenvalue weighted by Gasteiger charge is -2.35. The summed E-state index contributed by atoms with van der Waals surface area (Å²) in [6.45, 7) is 6.49. The van der Waals surface area contributed by atoms with Gasteiger partial charge in [0.15, 0.2) is 0 Å². The van der Waals surface area contributed by atoms with Crippen molar-refractivity contribution < 1.29 is 8.42 Å².